The van der Waals surface area contributed by atoms with E-state index in [4.69, 9.17) is 8.92 Å². The lowest BCUT2D eigenvalue weighted by atomic mass is 10.0. The lowest BCUT2D eigenvalue weighted by Crippen LogP contribution is -2.52. The van der Waals surface area contributed by atoms with E-state index in [-0.39, 0.29) is 30.5 Å². The first-order valence-corrected chi connectivity index (χ1v) is 18.9. The molecule has 0 bridgehead atoms. The second-order valence-corrected chi connectivity index (χ2v) is 15.1. The van der Waals surface area contributed by atoms with Crippen LogP contribution in [0.5, 0.6) is 0 Å². The van der Waals surface area contributed by atoms with E-state index in [9.17, 15) is 33.0 Å². The summed E-state index contributed by atoms with van der Waals surface area (Å²) in [7, 11) is -4.14. The molecule has 2 saturated heterocycles. The highest BCUT2D eigenvalue weighted by Gasteiger charge is 2.51. The number of rotatable bonds is 19. The highest BCUT2D eigenvalue weighted by atomic mass is 32.2. The fourth-order valence-electron chi connectivity index (χ4n) is 6.60. The zero-order valence-electron chi connectivity index (χ0n) is 28.4. The van der Waals surface area contributed by atoms with E-state index in [0.29, 0.717) is 51.7 Å². The number of likely N-dealkylation sites (tertiary alicyclic amines) is 1. The molecule has 49 heavy (non-hydrogen) atoms. The average Bonchev–Trinajstić information content (AvgIpc) is 3.83. The monoisotopic (exact) mass is 705 g/mol. The summed E-state index contributed by atoms with van der Waals surface area (Å²) in [5, 5.41) is 26.1. The maximum atomic E-state index is 13.1. The Morgan fingerprint density at radius 3 is 2.71 bits per heavy atom. The van der Waals surface area contributed by atoms with Crippen molar-refractivity contribution in [1.29, 1.82) is 0 Å². The predicted molar refractivity (Wildman–Crippen MR) is 181 cm³/mol. The third kappa shape index (κ3) is 10.5. The van der Waals surface area contributed by atoms with E-state index >= 15 is 0 Å². The first-order chi connectivity index (χ1) is 23.4. The minimum Gasteiger partial charge on any atom is -0.465 e. The van der Waals surface area contributed by atoms with Crippen LogP contribution in [0.2, 0.25) is 0 Å². The Balaban J connectivity index is 1.00. The number of epoxide rings is 1. The number of unbranched alkanes of at least 4 members (excludes halogenated alkanes) is 3. The van der Waals surface area contributed by atoms with E-state index in [1.54, 1.807) is 11.8 Å². The second-order valence-electron chi connectivity index (χ2n) is 13.8. The molecule has 4 aliphatic rings. The number of carbonyl (C=O) groups excluding carboxylic acids is 2. The van der Waals surface area contributed by atoms with Gasteiger partial charge >= 0.3 is 16.4 Å². The van der Waals surface area contributed by atoms with Crippen molar-refractivity contribution in [3.63, 3.8) is 0 Å². The summed E-state index contributed by atoms with van der Waals surface area (Å²) in [5.74, 6) is -0.356. The number of nitrogens with zero attached hydrogens (tertiary/aromatic N) is 2. The minimum absolute atomic E-state index is 0.0922. The van der Waals surface area contributed by atoms with E-state index in [1.165, 1.54) is 4.90 Å². The van der Waals surface area contributed by atoms with Gasteiger partial charge in [0.1, 0.15) is 18.6 Å². The molecule has 0 aromatic heterocycles. The third-order valence-corrected chi connectivity index (χ3v) is 10.9. The van der Waals surface area contributed by atoms with Crippen LogP contribution in [0.3, 0.4) is 0 Å². The summed E-state index contributed by atoms with van der Waals surface area (Å²) < 4.78 is 38.2. The van der Waals surface area contributed by atoms with Crippen molar-refractivity contribution in [2.45, 2.75) is 134 Å². The van der Waals surface area contributed by atoms with Crippen molar-refractivity contribution < 1.29 is 41.9 Å². The van der Waals surface area contributed by atoms with Gasteiger partial charge in [-0.1, -0.05) is 50.1 Å². The number of aliphatic hydroxyl groups excluding tert-OH is 1. The van der Waals surface area contributed by atoms with E-state index in [2.05, 4.69) is 15.4 Å². The average molecular weight is 706 g/mol. The molecule has 0 spiro atoms. The first-order valence-electron chi connectivity index (χ1n) is 17.5. The van der Waals surface area contributed by atoms with Crippen molar-refractivity contribution in [3.05, 3.63) is 41.0 Å². The van der Waals surface area contributed by atoms with Gasteiger partial charge in [0.25, 0.3) is 0 Å². The molecular formula is C34H51N5O9S. The molecule has 1 saturated carbocycles. The summed E-state index contributed by atoms with van der Waals surface area (Å²) in [6, 6.07) is 5.09. The maximum Gasteiger partial charge on any atom is 0.407 e. The van der Waals surface area contributed by atoms with Crippen LogP contribution in [-0.4, -0.2) is 95.7 Å². The molecule has 15 heteroatoms. The van der Waals surface area contributed by atoms with E-state index < -0.39 is 40.5 Å². The molecule has 14 nitrogen and oxygen atoms in total. The molecule has 5 atom stereocenters. The van der Waals surface area contributed by atoms with Gasteiger partial charge in [-0.3, -0.25) is 24.0 Å². The highest BCUT2D eigenvalue weighted by molar-refractivity contribution is 7.84. The van der Waals surface area contributed by atoms with Crippen LogP contribution >= 0.6 is 0 Å². The Hall–Kier alpha value is -3.08. The molecule has 5 N–H and O–H groups in total. The van der Waals surface area contributed by atoms with Gasteiger partial charge < -0.3 is 25.2 Å². The third-order valence-electron chi connectivity index (χ3n) is 9.73. The Morgan fingerprint density at radius 2 is 1.98 bits per heavy atom. The lowest BCUT2D eigenvalue weighted by Gasteiger charge is -2.26. The van der Waals surface area contributed by atoms with Gasteiger partial charge in [-0.2, -0.15) is 13.1 Å². The second kappa shape index (κ2) is 16.3. The summed E-state index contributed by atoms with van der Waals surface area (Å²) in [6.45, 7) is 4.99. The topological polar surface area (TPSA) is 190 Å². The Labute approximate surface area is 288 Å². The Bertz CT molecular complexity index is 1480. The number of hydrogen-bond acceptors (Lipinski definition) is 9. The SMILES string of the molecule is CCCCC(NC1OC1C1CCCN1C(=O)CNC(=O)CCCCC=Cc1cccc2c1CN(C(=O)O)C2)C(O)NS(=O)(=O)OC1(C)CC1. The molecule has 3 heterocycles. The fourth-order valence-corrected chi connectivity index (χ4v) is 7.81. The molecule has 1 aliphatic carbocycles. The van der Waals surface area contributed by atoms with Crippen LogP contribution < -0.4 is 15.4 Å². The van der Waals surface area contributed by atoms with Gasteiger partial charge in [0.15, 0.2) is 0 Å². The van der Waals surface area contributed by atoms with Crippen LogP contribution in [0.15, 0.2) is 24.3 Å². The van der Waals surface area contributed by atoms with Gasteiger partial charge in [-0.15, -0.1) is 0 Å². The van der Waals surface area contributed by atoms with Crippen LogP contribution in [-0.2, 0) is 41.9 Å². The lowest BCUT2D eigenvalue weighted by molar-refractivity contribution is -0.133. The van der Waals surface area contributed by atoms with Crippen LogP contribution in [0.25, 0.3) is 6.08 Å². The summed E-state index contributed by atoms with van der Waals surface area (Å²) >= 11 is 0. The quantitative estimate of drug-likeness (QED) is 0.0813. The van der Waals surface area contributed by atoms with Gasteiger partial charge in [0.05, 0.1) is 24.7 Å². The van der Waals surface area contributed by atoms with Crippen molar-refractivity contribution in [2.75, 3.05) is 13.1 Å². The number of fused-ring (bicyclic) bond motifs is 1. The molecule has 5 unspecified atom stereocenters. The van der Waals surface area contributed by atoms with Gasteiger partial charge in [0, 0.05) is 25.6 Å². The number of carbonyl (C=O) groups is 3. The number of nitrogens with one attached hydrogen (secondary N) is 3. The standard InChI is InChI=1S/C34H51N5O9S/c1-3-4-14-26(31(42)37-49(45,46)48-34(2)17-18-34)36-32-30(47-32)27-15-10-19-39(27)29(41)20-35-28(40)16-8-6-5-7-11-23-12-9-13-24-21-38(33(43)44)22-25(23)24/h7,9,11-13,26-27,30-32,36-37,42H,3-6,8,10,14-22H2,1-2H3,(H,35,40)(H,43,44). The zero-order chi connectivity index (χ0) is 35.2. The first kappa shape index (κ1) is 37.2. The number of hydrogen-bond donors (Lipinski definition) is 5. The number of carboxylic acid groups (broad SMARTS) is 1. The number of amides is 3. The van der Waals surface area contributed by atoms with Crippen molar-refractivity contribution in [3.8, 4) is 0 Å². The Morgan fingerprint density at radius 1 is 1.18 bits per heavy atom. The normalized spacial score (nSPS) is 23.8. The van der Waals surface area contributed by atoms with Gasteiger partial charge in [0.2, 0.25) is 11.8 Å². The molecular weight excluding hydrogens is 654 g/mol. The molecule has 272 valence electrons. The fraction of sp³-hybridized carbons (Fsp3) is 0.676. The predicted octanol–water partition coefficient (Wildman–Crippen LogP) is 2.96. The van der Waals surface area contributed by atoms with Gasteiger partial charge in [-0.25, -0.2) is 4.79 Å². The maximum absolute atomic E-state index is 13.1. The van der Waals surface area contributed by atoms with Crippen LogP contribution in [0, 0.1) is 0 Å². The molecule has 5 rings (SSSR count). The van der Waals surface area contributed by atoms with Crippen LogP contribution in [0.4, 0.5) is 4.79 Å². The summed E-state index contributed by atoms with van der Waals surface area (Å²) in [5.41, 5.74) is 2.37. The number of allylic oxidation sites excluding steroid dienone is 1. The van der Waals surface area contributed by atoms with Crippen molar-refractivity contribution in [1.82, 2.24) is 25.2 Å². The molecule has 3 fully saturated rings. The number of aliphatic hydroxyl groups is 1. The largest absolute Gasteiger partial charge is 0.465 e. The molecule has 1 aromatic carbocycles. The smallest absolute Gasteiger partial charge is 0.407 e. The number of benzene rings is 1. The number of ether oxygens (including phenoxy) is 1. The summed E-state index contributed by atoms with van der Waals surface area (Å²) in [6.07, 6.45) is 8.56. The molecule has 1 aromatic rings. The van der Waals surface area contributed by atoms with Crippen molar-refractivity contribution >= 4 is 34.3 Å². The highest BCUT2D eigenvalue weighted by Crippen LogP contribution is 2.40. The zero-order valence-corrected chi connectivity index (χ0v) is 29.3. The summed E-state index contributed by atoms with van der Waals surface area (Å²) in [4.78, 5) is 40.1. The molecule has 0 radical (unpaired) electrons. The van der Waals surface area contributed by atoms with Crippen LogP contribution in [0.1, 0.15) is 101 Å². The van der Waals surface area contributed by atoms with E-state index in [0.717, 1.165) is 55.2 Å². The van der Waals surface area contributed by atoms with Crippen molar-refractivity contribution in [2.24, 2.45) is 0 Å². The molecule has 3 aliphatic heterocycles. The van der Waals surface area contributed by atoms with Gasteiger partial charge in [-0.05, 0) is 75.0 Å². The molecule has 3 amide bonds. The Kier molecular flexibility index (Phi) is 12.4. The minimum atomic E-state index is -4.14. The van der Waals surface area contributed by atoms with E-state index in [1.807, 2.05) is 37.3 Å².